The quantitative estimate of drug-likeness (QED) is 0.597. The van der Waals surface area contributed by atoms with Crippen LogP contribution in [-0.2, 0) is 4.74 Å². The second kappa shape index (κ2) is 5.35. The largest absolute Gasteiger partial charge is 0.425 e. The third kappa shape index (κ3) is 2.46. The Hall–Kier alpha value is -1.62. The van der Waals surface area contributed by atoms with Crippen LogP contribution in [0.15, 0.2) is 43.0 Å². The van der Waals surface area contributed by atoms with Crippen LogP contribution in [0.4, 0.5) is 13.2 Å². The molecule has 1 aromatic carbocycles. The van der Waals surface area contributed by atoms with Gasteiger partial charge in [-0.05, 0) is 0 Å². The Morgan fingerprint density at radius 2 is 1.89 bits per heavy atom. The molecular weight excluding hydrogens is 245 g/mol. The minimum atomic E-state index is -4.80. The summed E-state index contributed by atoms with van der Waals surface area (Å²) >= 11 is 0. The maximum Gasteiger partial charge on any atom is 0.425 e. The summed E-state index contributed by atoms with van der Waals surface area (Å²) in [6, 6.07) is 7.26. The van der Waals surface area contributed by atoms with Gasteiger partial charge in [-0.2, -0.15) is 13.2 Å². The molecule has 1 aromatic rings. The molecule has 0 fully saturated rings. The highest BCUT2D eigenvalue weighted by molar-refractivity contribution is 6.03. The Bertz CT molecular complexity index is 426. The maximum atomic E-state index is 13.1. The van der Waals surface area contributed by atoms with E-state index >= 15 is 0 Å². The molecule has 0 aliphatic rings. The van der Waals surface area contributed by atoms with Crippen LogP contribution in [0.25, 0.3) is 0 Å². The van der Waals surface area contributed by atoms with Gasteiger partial charge in [0.25, 0.3) is 0 Å². The summed E-state index contributed by atoms with van der Waals surface area (Å²) in [5.41, 5.74) is -2.91. The Morgan fingerprint density at radius 3 is 2.28 bits per heavy atom. The van der Waals surface area contributed by atoms with E-state index in [-0.39, 0.29) is 5.56 Å². The lowest BCUT2D eigenvalue weighted by Crippen LogP contribution is -2.53. The van der Waals surface area contributed by atoms with Gasteiger partial charge in [-0.25, -0.2) is 0 Å². The first-order valence-electron chi connectivity index (χ1n) is 5.21. The summed E-state index contributed by atoms with van der Waals surface area (Å²) in [6.45, 7) is 3.25. The van der Waals surface area contributed by atoms with E-state index in [1.807, 2.05) is 0 Å². The minimum Gasteiger partial charge on any atom is -0.361 e. The number of hydrogen-bond donors (Lipinski definition) is 0. The van der Waals surface area contributed by atoms with Crippen molar-refractivity contribution in [2.45, 2.75) is 18.2 Å². The molecule has 0 bridgehead atoms. The van der Waals surface area contributed by atoms with Crippen molar-refractivity contribution in [1.29, 1.82) is 0 Å². The lowest BCUT2D eigenvalue weighted by atomic mass is 9.88. The molecule has 0 amide bonds. The number of alkyl halides is 3. The lowest BCUT2D eigenvalue weighted by molar-refractivity contribution is -0.245. The maximum absolute atomic E-state index is 13.1. The van der Waals surface area contributed by atoms with Crippen LogP contribution in [-0.4, -0.2) is 24.7 Å². The second-order valence-corrected chi connectivity index (χ2v) is 3.72. The molecule has 1 unspecified atom stereocenters. The summed E-state index contributed by atoms with van der Waals surface area (Å²) in [7, 11) is 0.873. The average molecular weight is 258 g/mol. The summed E-state index contributed by atoms with van der Waals surface area (Å²) in [5, 5.41) is 0. The molecule has 18 heavy (non-hydrogen) atoms. The van der Waals surface area contributed by atoms with Crippen molar-refractivity contribution in [2.24, 2.45) is 0 Å². The molecule has 0 aliphatic heterocycles. The van der Waals surface area contributed by atoms with Gasteiger partial charge >= 0.3 is 6.18 Å². The van der Waals surface area contributed by atoms with E-state index in [4.69, 9.17) is 0 Å². The van der Waals surface area contributed by atoms with Crippen LogP contribution in [0.3, 0.4) is 0 Å². The predicted molar refractivity (Wildman–Crippen MR) is 61.4 cm³/mol. The lowest BCUT2D eigenvalue weighted by Gasteiger charge is -2.32. The van der Waals surface area contributed by atoms with Gasteiger partial charge in [0.15, 0.2) is 0 Å². The number of rotatable bonds is 5. The van der Waals surface area contributed by atoms with Gasteiger partial charge in [0, 0.05) is 19.1 Å². The summed E-state index contributed by atoms with van der Waals surface area (Å²) in [6.07, 6.45) is -4.40. The van der Waals surface area contributed by atoms with Gasteiger partial charge in [-0.3, -0.25) is 4.79 Å². The van der Waals surface area contributed by atoms with E-state index in [1.54, 1.807) is 6.07 Å². The van der Waals surface area contributed by atoms with Crippen LogP contribution in [0.5, 0.6) is 0 Å². The van der Waals surface area contributed by atoms with Crippen molar-refractivity contribution in [3.63, 3.8) is 0 Å². The van der Waals surface area contributed by atoms with E-state index < -0.39 is 24.0 Å². The summed E-state index contributed by atoms with van der Waals surface area (Å²) in [5.74, 6) is -1.11. The number of Topliss-reactive ketones (excluding diaryl/α,β-unsaturated/α-hetero) is 1. The Labute approximate surface area is 103 Å². The molecule has 0 saturated carbocycles. The second-order valence-electron chi connectivity index (χ2n) is 3.72. The minimum absolute atomic E-state index is 0.0430. The summed E-state index contributed by atoms with van der Waals surface area (Å²) in [4.78, 5) is 12.0. The zero-order chi connectivity index (χ0) is 13.8. The fraction of sp³-hybridized carbons (Fsp3) is 0.308. The number of hydrogen-bond acceptors (Lipinski definition) is 2. The number of halogens is 3. The van der Waals surface area contributed by atoms with Gasteiger partial charge in [0.05, 0.1) is 0 Å². The molecule has 1 atom stereocenters. The molecule has 0 N–H and O–H groups in total. The van der Waals surface area contributed by atoms with E-state index in [0.717, 1.165) is 13.2 Å². The molecule has 98 valence electrons. The number of carbonyl (C=O) groups is 1. The Balaban J connectivity index is 3.27. The van der Waals surface area contributed by atoms with Crippen molar-refractivity contribution in [1.82, 2.24) is 0 Å². The van der Waals surface area contributed by atoms with Crippen molar-refractivity contribution in [3.05, 3.63) is 48.6 Å². The fourth-order valence-electron chi connectivity index (χ4n) is 1.65. The zero-order valence-corrected chi connectivity index (χ0v) is 9.83. The van der Waals surface area contributed by atoms with Crippen molar-refractivity contribution < 1.29 is 22.7 Å². The SMILES string of the molecule is C=CCC(OC)(C(=O)c1ccccc1)C(F)(F)F. The molecular formula is C13H13F3O2. The number of methoxy groups -OCH3 is 1. The highest BCUT2D eigenvalue weighted by atomic mass is 19.4. The number of ether oxygens (including phenoxy) is 1. The number of benzene rings is 1. The molecule has 0 aliphatic carbocycles. The molecule has 0 heterocycles. The monoisotopic (exact) mass is 258 g/mol. The Morgan fingerprint density at radius 1 is 1.33 bits per heavy atom. The topological polar surface area (TPSA) is 26.3 Å². The van der Waals surface area contributed by atoms with Crippen LogP contribution in [0.2, 0.25) is 0 Å². The molecule has 0 saturated heterocycles. The molecule has 5 heteroatoms. The molecule has 0 spiro atoms. The summed E-state index contributed by atoms with van der Waals surface area (Å²) < 4.78 is 43.8. The third-order valence-corrected chi connectivity index (χ3v) is 2.64. The fourth-order valence-corrected chi connectivity index (χ4v) is 1.65. The zero-order valence-electron chi connectivity index (χ0n) is 9.83. The first kappa shape index (κ1) is 14.4. The van der Waals surface area contributed by atoms with E-state index in [9.17, 15) is 18.0 Å². The van der Waals surface area contributed by atoms with Crippen LogP contribution in [0, 0.1) is 0 Å². The van der Waals surface area contributed by atoms with E-state index in [0.29, 0.717) is 0 Å². The van der Waals surface area contributed by atoms with Crippen LogP contribution in [0.1, 0.15) is 16.8 Å². The van der Waals surface area contributed by atoms with Gasteiger partial charge in [0.1, 0.15) is 0 Å². The number of carbonyl (C=O) groups excluding carboxylic acids is 1. The highest BCUT2D eigenvalue weighted by Crippen LogP contribution is 2.39. The standard InChI is InChI=1S/C13H13F3O2/c1-3-9-12(18-2,13(14,15)16)11(17)10-7-5-4-6-8-10/h3-8H,1,9H2,2H3. The molecule has 2 nitrogen and oxygen atoms in total. The van der Waals surface area contributed by atoms with Crippen molar-refractivity contribution >= 4 is 5.78 Å². The van der Waals surface area contributed by atoms with Gasteiger partial charge in [-0.15, -0.1) is 6.58 Å². The van der Waals surface area contributed by atoms with Gasteiger partial charge in [0.2, 0.25) is 11.4 Å². The van der Waals surface area contributed by atoms with Crippen molar-refractivity contribution in [2.75, 3.05) is 7.11 Å². The van der Waals surface area contributed by atoms with Crippen LogP contribution < -0.4 is 0 Å². The van der Waals surface area contributed by atoms with E-state index in [1.165, 1.54) is 24.3 Å². The first-order valence-corrected chi connectivity index (χ1v) is 5.21. The predicted octanol–water partition coefficient (Wildman–Crippen LogP) is 3.39. The first-order chi connectivity index (χ1) is 8.39. The normalized spacial score (nSPS) is 14.9. The Kier molecular flexibility index (Phi) is 4.29. The third-order valence-electron chi connectivity index (χ3n) is 2.64. The number of ketones is 1. The van der Waals surface area contributed by atoms with Crippen molar-refractivity contribution in [3.8, 4) is 0 Å². The molecule has 0 aromatic heterocycles. The molecule has 1 rings (SSSR count). The smallest absolute Gasteiger partial charge is 0.361 e. The van der Waals surface area contributed by atoms with Gasteiger partial charge < -0.3 is 4.74 Å². The van der Waals surface area contributed by atoms with Crippen LogP contribution >= 0.6 is 0 Å². The average Bonchev–Trinajstić information content (AvgIpc) is 2.34. The highest BCUT2D eigenvalue weighted by Gasteiger charge is 2.60. The van der Waals surface area contributed by atoms with E-state index in [2.05, 4.69) is 11.3 Å². The van der Waals surface area contributed by atoms with Gasteiger partial charge in [-0.1, -0.05) is 36.4 Å². The molecule has 0 radical (unpaired) electrons.